The van der Waals surface area contributed by atoms with Crippen LogP contribution in [-0.2, 0) is 19.9 Å². The fourth-order valence-corrected chi connectivity index (χ4v) is 3.81. The van der Waals surface area contributed by atoms with Crippen LogP contribution in [0.3, 0.4) is 0 Å². The van der Waals surface area contributed by atoms with E-state index in [9.17, 15) is 9.59 Å². The Kier molecular flexibility index (Phi) is 4.11. The van der Waals surface area contributed by atoms with Crippen LogP contribution in [0, 0.1) is 6.92 Å². The molecule has 2 N–H and O–H groups in total. The number of nitrogens with one attached hydrogen (secondary N) is 2. The van der Waals surface area contributed by atoms with E-state index in [1.165, 1.54) is 0 Å². The van der Waals surface area contributed by atoms with E-state index in [1.807, 2.05) is 38.2 Å². The molecule has 0 unspecified atom stereocenters. The first kappa shape index (κ1) is 16.6. The van der Waals surface area contributed by atoms with E-state index in [2.05, 4.69) is 19.9 Å². The number of nitrogens with zero attached hydrogens (tertiary/aromatic N) is 2. The third kappa shape index (κ3) is 2.71. The number of amides is 1. The van der Waals surface area contributed by atoms with Crippen LogP contribution in [0.25, 0.3) is 11.0 Å². The second-order valence-corrected chi connectivity index (χ2v) is 6.84. The van der Waals surface area contributed by atoms with Crippen LogP contribution in [0.4, 0.5) is 0 Å². The molecule has 1 aliphatic carbocycles. The van der Waals surface area contributed by atoms with Gasteiger partial charge in [-0.1, -0.05) is 12.1 Å². The second-order valence-electron chi connectivity index (χ2n) is 6.84. The molecule has 0 radical (unpaired) electrons. The fraction of sp³-hybridized carbons (Fsp3) is 0.350. The Hall–Kier alpha value is -2.89. The average Bonchev–Trinajstić information content (AvgIpc) is 3.13. The number of hydrogen-bond donors (Lipinski definition) is 2. The number of carbonyl (C=O) groups is 2. The minimum Gasteiger partial charge on any atom is -0.361 e. The van der Waals surface area contributed by atoms with E-state index in [1.54, 1.807) is 0 Å². The Balaban J connectivity index is 1.49. The number of rotatable bonds is 4. The van der Waals surface area contributed by atoms with Crippen molar-refractivity contribution >= 4 is 22.7 Å². The van der Waals surface area contributed by atoms with Gasteiger partial charge >= 0.3 is 0 Å². The molecule has 3 aromatic rings. The van der Waals surface area contributed by atoms with Gasteiger partial charge in [0.25, 0.3) is 5.91 Å². The first-order valence-corrected chi connectivity index (χ1v) is 8.99. The zero-order chi connectivity index (χ0) is 18.3. The molecule has 0 atom stereocenters. The maximum absolute atomic E-state index is 12.7. The molecule has 0 fully saturated rings. The van der Waals surface area contributed by atoms with Gasteiger partial charge < -0.3 is 14.9 Å². The van der Waals surface area contributed by atoms with Crippen LogP contribution in [0.5, 0.6) is 0 Å². The maximum atomic E-state index is 12.7. The van der Waals surface area contributed by atoms with Gasteiger partial charge in [0, 0.05) is 37.8 Å². The number of carbonyl (C=O) groups excluding carboxylic acids is 2. The number of hydrogen-bond acceptors (Lipinski definition) is 3. The summed E-state index contributed by atoms with van der Waals surface area (Å²) in [7, 11) is 1.98. The van der Waals surface area contributed by atoms with Crippen molar-refractivity contribution in [3.05, 3.63) is 52.6 Å². The van der Waals surface area contributed by atoms with Gasteiger partial charge in [-0.05, 0) is 31.9 Å². The summed E-state index contributed by atoms with van der Waals surface area (Å²) in [5.41, 5.74) is 4.81. The smallest absolute Gasteiger partial charge is 0.253 e. The lowest BCUT2D eigenvalue weighted by molar-refractivity contribution is 0.0928. The van der Waals surface area contributed by atoms with Crippen molar-refractivity contribution in [1.29, 1.82) is 0 Å². The average molecular weight is 350 g/mol. The number of ketones is 1. The molecule has 6 nitrogen and oxygen atoms in total. The van der Waals surface area contributed by atoms with E-state index in [0.717, 1.165) is 41.1 Å². The van der Waals surface area contributed by atoms with E-state index in [4.69, 9.17) is 0 Å². The molecular formula is C20H22N4O2. The standard InChI is InChI=1S/C20H22N4O2/c1-12-18(19-14(22-12)7-5-9-16(19)25)20(26)21-11-10-17-23-13-6-3-4-8-15(13)24(17)2/h3-4,6,8,22H,5,7,9-11H2,1-2H3,(H,21,26). The highest BCUT2D eigenvalue weighted by molar-refractivity contribution is 6.10. The molecule has 0 aliphatic heterocycles. The van der Waals surface area contributed by atoms with Gasteiger partial charge in [-0.15, -0.1) is 0 Å². The number of aromatic amines is 1. The molecule has 1 aliphatic rings. The maximum Gasteiger partial charge on any atom is 0.253 e. The van der Waals surface area contributed by atoms with Gasteiger partial charge in [0.05, 0.1) is 22.2 Å². The van der Waals surface area contributed by atoms with Crippen LogP contribution < -0.4 is 5.32 Å². The summed E-state index contributed by atoms with van der Waals surface area (Å²) in [6.45, 7) is 2.33. The largest absolute Gasteiger partial charge is 0.361 e. The van der Waals surface area contributed by atoms with E-state index in [-0.39, 0.29) is 11.7 Å². The van der Waals surface area contributed by atoms with Crippen LogP contribution >= 0.6 is 0 Å². The molecule has 1 aromatic carbocycles. The lowest BCUT2D eigenvalue weighted by Crippen LogP contribution is -2.28. The van der Waals surface area contributed by atoms with Gasteiger partial charge in [0.2, 0.25) is 0 Å². The minimum absolute atomic E-state index is 0.0658. The molecule has 26 heavy (non-hydrogen) atoms. The number of aryl methyl sites for hydroxylation is 3. The second kappa shape index (κ2) is 6.44. The molecule has 134 valence electrons. The summed E-state index contributed by atoms with van der Waals surface area (Å²) in [5.74, 6) is 0.806. The molecule has 2 heterocycles. The zero-order valence-electron chi connectivity index (χ0n) is 15.1. The number of para-hydroxylation sites is 2. The summed E-state index contributed by atoms with van der Waals surface area (Å²) < 4.78 is 2.05. The van der Waals surface area contributed by atoms with Crippen LogP contribution in [0.15, 0.2) is 24.3 Å². The molecule has 6 heteroatoms. The first-order valence-electron chi connectivity index (χ1n) is 8.99. The SMILES string of the molecule is Cc1[nH]c2c(c1C(=O)NCCc1nc3ccccc3n1C)C(=O)CCC2. The molecule has 0 bridgehead atoms. The third-order valence-corrected chi connectivity index (χ3v) is 5.12. The number of Topliss-reactive ketones (excluding diaryl/α,β-unsaturated/α-hetero) is 1. The quantitative estimate of drug-likeness (QED) is 0.759. The highest BCUT2D eigenvalue weighted by Gasteiger charge is 2.28. The number of benzene rings is 1. The summed E-state index contributed by atoms with van der Waals surface area (Å²) in [4.78, 5) is 32.8. The topological polar surface area (TPSA) is 79.8 Å². The summed E-state index contributed by atoms with van der Waals surface area (Å²) in [6.07, 6.45) is 2.83. The highest BCUT2D eigenvalue weighted by Crippen LogP contribution is 2.26. The lowest BCUT2D eigenvalue weighted by atomic mass is 9.93. The third-order valence-electron chi connectivity index (χ3n) is 5.12. The van der Waals surface area contributed by atoms with Crippen LogP contribution in [0.1, 0.15) is 50.8 Å². The number of imidazole rings is 1. The van der Waals surface area contributed by atoms with Crippen molar-refractivity contribution in [1.82, 2.24) is 19.9 Å². The van der Waals surface area contributed by atoms with Gasteiger partial charge in [-0.3, -0.25) is 9.59 Å². The van der Waals surface area contributed by atoms with E-state index >= 15 is 0 Å². The zero-order valence-corrected chi connectivity index (χ0v) is 15.1. The molecule has 0 saturated heterocycles. The minimum atomic E-state index is -0.186. The molecule has 1 amide bonds. The highest BCUT2D eigenvalue weighted by atomic mass is 16.2. The summed E-state index contributed by atoms with van der Waals surface area (Å²) in [6, 6.07) is 7.98. The Morgan fingerprint density at radius 3 is 2.92 bits per heavy atom. The molecule has 2 aromatic heterocycles. The molecular weight excluding hydrogens is 328 g/mol. The van der Waals surface area contributed by atoms with Gasteiger partial charge in [-0.2, -0.15) is 0 Å². The number of fused-ring (bicyclic) bond motifs is 2. The van der Waals surface area contributed by atoms with Crippen molar-refractivity contribution in [2.45, 2.75) is 32.6 Å². The molecule has 0 saturated carbocycles. The summed E-state index contributed by atoms with van der Waals surface area (Å²) >= 11 is 0. The van der Waals surface area contributed by atoms with Crippen molar-refractivity contribution in [2.75, 3.05) is 6.54 Å². The van der Waals surface area contributed by atoms with Crippen molar-refractivity contribution in [3.8, 4) is 0 Å². The molecule has 4 rings (SSSR count). The van der Waals surface area contributed by atoms with E-state index < -0.39 is 0 Å². The number of aromatic nitrogens is 3. The van der Waals surface area contributed by atoms with Crippen LogP contribution in [-0.4, -0.2) is 32.8 Å². The van der Waals surface area contributed by atoms with Gasteiger partial charge in [0.1, 0.15) is 5.82 Å². The first-order chi connectivity index (χ1) is 12.6. The summed E-state index contributed by atoms with van der Waals surface area (Å²) in [5, 5.41) is 2.95. The van der Waals surface area contributed by atoms with Gasteiger partial charge in [-0.25, -0.2) is 4.98 Å². The van der Waals surface area contributed by atoms with Crippen molar-refractivity contribution in [3.63, 3.8) is 0 Å². The Bertz CT molecular complexity index is 1010. The monoisotopic (exact) mass is 350 g/mol. The lowest BCUT2D eigenvalue weighted by Gasteiger charge is -2.12. The van der Waals surface area contributed by atoms with Crippen molar-refractivity contribution < 1.29 is 9.59 Å². The Labute approximate surface area is 151 Å². The Morgan fingerprint density at radius 2 is 2.12 bits per heavy atom. The predicted octanol–water partition coefficient (Wildman–Crippen LogP) is 2.70. The van der Waals surface area contributed by atoms with Gasteiger partial charge in [0.15, 0.2) is 5.78 Å². The Morgan fingerprint density at radius 1 is 1.31 bits per heavy atom. The fourth-order valence-electron chi connectivity index (χ4n) is 3.81. The van der Waals surface area contributed by atoms with E-state index in [0.29, 0.717) is 30.5 Å². The molecule has 0 spiro atoms. The van der Waals surface area contributed by atoms with Crippen molar-refractivity contribution in [2.24, 2.45) is 7.05 Å². The predicted molar refractivity (Wildman–Crippen MR) is 99.5 cm³/mol. The number of H-pyrrole nitrogens is 1. The normalized spacial score (nSPS) is 13.8. The van der Waals surface area contributed by atoms with Crippen LogP contribution in [0.2, 0.25) is 0 Å².